The van der Waals surface area contributed by atoms with E-state index in [2.05, 4.69) is 0 Å². The predicted molar refractivity (Wildman–Crippen MR) is 50.5 cm³/mol. The topological polar surface area (TPSA) is 0 Å². The lowest BCUT2D eigenvalue weighted by molar-refractivity contribution is -0.137. The molecule has 1 rings (SSSR count). The maximum absolute atomic E-state index is 12.4. The van der Waals surface area contributed by atoms with E-state index in [1.807, 2.05) is 13.8 Å². The number of rotatable bonds is 1. The Labute approximate surface area is 85.7 Å². The quantitative estimate of drug-likeness (QED) is 0.657. The van der Waals surface area contributed by atoms with Crippen LogP contribution in [-0.2, 0) is 6.18 Å². The smallest absolute Gasteiger partial charge is 0.166 e. The van der Waals surface area contributed by atoms with Gasteiger partial charge in [-0.3, -0.25) is 0 Å². The molecule has 0 aliphatic carbocycles. The number of halogens is 4. The van der Waals surface area contributed by atoms with Crippen LogP contribution in [-0.4, -0.2) is 0 Å². The Bertz CT molecular complexity index is 329. The van der Waals surface area contributed by atoms with Crippen LogP contribution in [0.25, 0.3) is 0 Å². The lowest BCUT2D eigenvalue weighted by Crippen LogP contribution is -2.06. The number of alkyl halides is 3. The molecule has 14 heavy (non-hydrogen) atoms. The van der Waals surface area contributed by atoms with Crippen LogP contribution in [0.3, 0.4) is 0 Å². The second-order valence-corrected chi connectivity index (χ2v) is 3.80. The Morgan fingerprint density at radius 1 is 1.21 bits per heavy atom. The maximum atomic E-state index is 12.4. The average Bonchev–Trinajstić information content (AvgIpc) is 2.02. The van der Waals surface area contributed by atoms with E-state index >= 15 is 0 Å². The van der Waals surface area contributed by atoms with Crippen molar-refractivity contribution in [2.75, 3.05) is 0 Å². The molecule has 0 aromatic heterocycles. The van der Waals surface area contributed by atoms with Crippen molar-refractivity contribution in [3.63, 3.8) is 0 Å². The Balaban J connectivity index is 3.22. The van der Waals surface area contributed by atoms with Crippen LogP contribution < -0.4 is 0 Å². The number of hydrogen-bond donors (Lipinski definition) is 0. The van der Waals surface area contributed by atoms with Crippen LogP contribution in [0.2, 0.25) is 5.02 Å². The van der Waals surface area contributed by atoms with Gasteiger partial charge in [-0.25, -0.2) is 0 Å². The summed E-state index contributed by atoms with van der Waals surface area (Å²) in [6.45, 7) is 3.67. The van der Waals surface area contributed by atoms with Gasteiger partial charge in [0.1, 0.15) is 0 Å². The van der Waals surface area contributed by atoms with Gasteiger partial charge in [-0.2, -0.15) is 13.2 Å². The van der Waals surface area contributed by atoms with Crippen molar-refractivity contribution in [2.45, 2.75) is 25.9 Å². The molecule has 0 amide bonds. The molecule has 0 aliphatic rings. The molecule has 0 heterocycles. The summed E-state index contributed by atoms with van der Waals surface area (Å²) in [5, 5.41) is -0.248. The summed E-state index contributed by atoms with van der Waals surface area (Å²) in [5.74, 6) is 0.0633. The molecule has 4 heteroatoms. The summed E-state index contributed by atoms with van der Waals surface area (Å²) in [6, 6.07) is 4.01. The number of benzene rings is 1. The molecule has 0 nitrogen and oxygen atoms in total. The monoisotopic (exact) mass is 222 g/mol. The van der Waals surface area contributed by atoms with Crippen LogP contribution in [0, 0.1) is 0 Å². The lowest BCUT2D eigenvalue weighted by atomic mass is 10.0. The van der Waals surface area contributed by atoms with E-state index in [9.17, 15) is 13.2 Å². The van der Waals surface area contributed by atoms with E-state index in [-0.39, 0.29) is 10.9 Å². The van der Waals surface area contributed by atoms with E-state index in [1.54, 1.807) is 6.07 Å². The minimum Gasteiger partial charge on any atom is -0.166 e. The van der Waals surface area contributed by atoms with Crippen molar-refractivity contribution in [3.8, 4) is 0 Å². The first-order valence-electron chi connectivity index (χ1n) is 4.19. The van der Waals surface area contributed by atoms with Crippen LogP contribution in [0.15, 0.2) is 18.2 Å². The Kier molecular flexibility index (Phi) is 3.10. The molecular weight excluding hydrogens is 213 g/mol. The maximum Gasteiger partial charge on any atom is 0.417 e. The van der Waals surface area contributed by atoms with Gasteiger partial charge in [0, 0.05) is 0 Å². The highest BCUT2D eigenvalue weighted by molar-refractivity contribution is 6.31. The van der Waals surface area contributed by atoms with Gasteiger partial charge in [0.25, 0.3) is 0 Å². The predicted octanol–water partition coefficient (Wildman–Crippen LogP) is 4.48. The molecule has 0 saturated carbocycles. The zero-order valence-electron chi connectivity index (χ0n) is 7.82. The summed E-state index contributed by atoms with van der Waals surface area (Å²) in [7, 11) is 0. The van der Waals surface area contributed by atoms with Crippen LogP contribution >= 0.6 is 11.6 Å². The minimum absolute atomic E-state index is 0.0633. The molecule has 0 unspecified atom stereocenters. The third-order valence-corrected chi connectivity index (χ3v) is 2.29. The molecule has 0 aliphatic heterocycles. The molecule has 0 saturated heterocycles. The molecule has 0 N–H and O–H groups in total. The first kappa shape index (κ1) is 11.4. The SMILES string of the molecule is CC(C)c1ccc(Cl)c(C(F)(F)F)c1. The van der Waals surface area contributed by atoms with Crippen LogP contribution in [0.1, 0.15) is 30.9 Å². The first-order chi connectivity index (χ1) is 6.32. The van der Waals surface area contributed by atoms with Crippen molar-refractivity contribution in [2.24, 2.45) is 0 Å². The summed E-state index contributed by atoms with van der Waals surface area (Å²) in [4.78, 5) is 0. The fourth-order valence-corrected chi connectivity index (χ4v) is 1.34. The molecular formula is C10H10ClF3. The molecule has 0 bridgehead atoms. The minimum atomic E-state index is -4.37. The standard InChI is InChI=1S/C10H10ClF3/c1-6(2)7-3-4-9(11)8(5-7)10(12,13)14/h3-6H,1-2H3. The van der Waals surface area contributed by atoms with Gasteiger partial charge < -0.3 is 0 Å². The summed E-state index contributed by atoms with van der Waals surface area (Å²) in [5.41, 5.74) is -0.118. The molecule has 0 fully saturated rings. The van der Waals surface area contributed by atoms with Crippen molar-refractivity contribution in [1.82, 2.24) is 0 Å². The largest absolute Gasteiger partial charge is 0.417 e. The van der Waals surface area contributed by atoms with Gasteiger partial charge >= 0.3 is 6.18 Å². The molecule has 1 aromatic carbocycles. The van der Waals surface area contributed by atoms with Gasteiger partial charge in [0.2, 0.25) is 0 Å². The van der Waals surface area contributed by atoms with Gasteiger partial charge in [-0.15, -0.1) is 0 Å². The lowest BCUT2D eigenvalue weighted by Gasteiger charge is -2.12. The van der Waals surface area contributed by atoms with Crippen molar-refractivity contribution in [1.29, 1.82) is 0 Å². The molecule has 78 valence electrons. The fourth-order valence-electron chi connectivity index (χ4n) is 1.12. The fraction of sp³-hybridized carbons (Fsp3) is 0.400. The highest BCUT2D eigenvalue weighted by Gasteiger charge is 2.33. The van der Waals surface area contributed by atoms with E-state index in [0.29, 0.717) is 5.56 Å². The third kappa shape index (κ3) is 2.41. The summed E-state index contributed by atoms with van der Waals surface area (Å²) in [6.07, 6.45) is -4.37. The Hall–Kier alpha value is -0.700. The van der Waals surface area contributed by atoms with Crippen molar-refractivity contribution < 1.29 is 13.2 Å². The zero-order valence-corrected chi connectivity index (χ0v) is 8.58. The van der Waals surface area contributed by atoms with E-state index in [1.165, 1.54) is 6.07 Å². The highest BCUT2D eigenvalue weighted by atomic mass is 35.5. The molecule has 0 radical (unpaired) electrons. The number of hydrogen-bond acceptors (Lipinski definition) is 0. The normalized spacial score (nSPS) is 12.2. The average molecular weight is 223 g/mol. The Morgan fingerprint density at radius 2 is 1.79 bits per heavy atom. The molecule has 0 atom stereocenters. The van der Waals surface area contributed by atoms with E-state index in [4.69, 9.17) is 11.6 Å². The van der Waals surface area contributed by atoms with Crippen molar-refractivity contribution >= 4 is 11.6 Å². The van der Waals surface area contributed by atoms with E-state index < -0.39 is 11.7 Å². The first-order valence-corrected chi connectivity index (χ1v) is 4.57. The van der Waals surface area contributed by atoms with Crippen molar-refractivity contribution in [3.05, 3.63) is 34.3 Å². The Morgan fingerprint density at radius 3 is 2.21 bits per heavy atom. The zero-order chi connectivity index (χ0) is 10.9. The second-order valence-electron chi connectivity index (χ2n) is 3.39. The molecule has 1 aromatic rings. The second kappa shape index (κ2) is 3.81. The summed E-state index contributed by atoms with van der Waals surface area (Å²) >= 11 is 5.47. The van der Waals surface area contributed by atoms with Gasteiger partial charge in [-0.05, 0) is 23.6 Å². The van der Waals surface area contributed by atoms with Gasteiger partial charge in [0.05, 0.1) is 10.6 Å². The van der Waals surface area contributed by atoms with Crippen LogP contribution in [0.5, 0.6) is 0 Å². The summed E-state index contributed by atoms with van der Waals surface area (Å²) < 4.78 is 37.2. The molecule has 0 spiro atoms. The van der Waals surface area contributed by atoms with Gasteiger partial charge in [-0.1, -0.05) is 31.5 Å². The van der Waals surface area contributed by atoms with Crippen LogP contribution in [0.4, 0.5) is 13.2 Å². The van der Waals surface area contributed by atoms with Gasteiger partial charge in [0.15, 0.2) is 0 Å². The third-order valence-electron chi connectivity index (χ3n) is 1.96. The highest BCUT2D eigenvalue weighted by Crippen LogP contribution is 2.36. The van der Waals surface area contributed by atoms with E-state index in [0.717, 1.165) is 6.07 Å².